The molecule has 4 rings (SSSR count). The smallest absolute Gasteiger partial charge is 0.492 e. The number of amides is 1. The highest BCUT2D eigenvalue weighted by molar-refractivity contribution is 5.98. The summed E-state index contributed by atoms with van der Waals surface area (Å²) in [6.07, 6.45) is -1.52. The number of benzene rings is 2. The maximum atomic E-state index is 12.5. The van der Waals surface area contributed by atoms with E-state index in [1.54, 1.807) is 0 Å². The third kappa shape index (κ3) is 9.97. The highest BCUT2D eigenvalue weighted by atomic mass is 19.4. The largest absolute Gasteiger partial charge is 0.573 e. The number of carboxylic acid groups (broad SMARTS) is 2. The summed E-state index contributed by atoms with van der Waals surface area (Å²) in [6.45, 7) is 4.61. The second kappa shape index (κ2) is 13.7. The van der Waals surface area contributed by atoms with Gasteiger partial charge in [0.15, 0.2) is 0 Å². The lowest BCUT2D eigenvalue weighted by Crippen LogP contribution is -2.40. The van der Waals surface area contributed by atoms with Gasteiger partial charge in [-0.3, -0.25) is 9.69 Å². The quantitative estimate of drug-likeness (QED) is 0.450. The Morgan fingerprint density at radius 1 is 0.949 bits per heavy atom. The van der Waals surface area contributed by atoms with Crippen LogP contribution in [0.1, 0.15) is 28.8 Å². The van der Waals surface area contributed by atoms with Crippen LogP contribution >= 0.6 is 0 Å². The van der Waals surface area contributed by atoms with Crippen LogP contribution in [-0.2, 0) is 16.1 Å². The Morgan fingerprint density at radius 2 is 1.54 bits per heavy atom. The van der Waals surface area contributed by atoms with E-state index in [1.165, 1.54) is 24.3 Å². The van der Waals surface area contributed by atoms with Crippen molar-refractivity contribution in [3.63, 3.8) is 0 Å². The van der Waals surface area contributed by atoms with Crippen molar-refractivity contribution in [2.75, 3.05) is 32.8 Å². The van der Waals surface area contributed by atoms with Gasteiger partial charge in [0, 0.05) is 37.3 Å². The molecule has 0 radical (unpaired) electrons. The molecule has 2 aliphatic heterocycles. The van der Waals surface area contributed by atoms with E-state index >= 15 is 0 Å². The number of carbonyl (C=O) groups excluding carboxylic acids is 1. The van der Waals surface area contributed by atoms with Crippen LogP contribution in [0.15, 0.2) is 60.7 Å². The molecule has 0 bridgehead atoms. The average molecular weight is 551 g/mol. The van der Waals surface area contributed by atoms with Crippen molar-refractivity contribution in [1.82, 2.24) is 9.80 Å². The number of rotatable bonds is 9. The first-order valence-electron chi connectivity index (χ1n) is 12.2. The SMILES string of the molecule is O=C(O)C=CC(=O)O.O=C1c2ccccc2CN1CC1CCN(CCOc2ccc(OC(F)(F)F)cc2)CC1. The normalized spacial score (nSPS) is 16.0. The van der Waals surface area contributed by atoms with Gasteiger partial charge in [-0.15, -0.1) is 13.2 Å². The molecule has 0 unspecified atom stereocenters. The van der Waals surface area contributed by atoms with Crippen LogP contribution < -0.4 is 9.47 Å². The lowest BCUT2D eigenvalue weighted by molar-refractivity contribution is -0.274. The van der Waals surface area contributed by atoms with Crippen molar-refractivity contribution < 1.29 is 47.2 Å². The molecule has 0 saturated carbocycles. The van der Waals surface area contributed by atoms with E-state index in [4.69, 9.17) is 14.9 Å². The van der Waals surface area contributed by atoms with E-state index in [2.05, 4.69) is 9.64 Å². The second-order valence-corrected chi connectivity index (χ2v) is 9.01. The Kier molecular flexibility index (Phi) is 10.3. The minimum atomic E-state index is -4.69. The predicted molar refractivity (Wildman–Crippen MR) is 133 cm³/mol. The van der Waals surface area contributed by atoms with Crippen LogP contribution in [-0.4, -0.2) is 77.0 Å². The molecule has 1 saturated heterocycles. The van der Waals surface area contributed by atoms with Gasteiger partial charge in [0.05, 0.1) is 0 Å². The van der Waals surface area contributed by atoms with Gasteiger partial charge in [0.1, 0.15) is 18.1 Å². The third-order valence-corrected chi connectivity index (χ3v) is 6.18. The fourth-order valence-electron chi connectivity index (χ4n) is 4.34. The van der Waals surface area contributed by atoms with E-state index in [0.29, 0.717) is 37.0 Å². The molecule has 0 atom stereocenters. The molecule has 1 amide bonds. The van der Waals surface area contributed by atoms with Crippen LogP contribution in [0.25, 0.3) is 0 Å². The van der Waals surface area contributed by atoms with Gasteiger partial charge >= 0.3 is 18.3 Å². The number of halogens is 3. The molecule has 2 N–H and O–H groups in total. The minimum absolute atomic E-state index is 0.137. The molecule has 12 heteroatoms. The number of aliphatic carboxylic acids is 2. The Balaban J connectivity index is 0.000000459. The van der Waals surface area contributed by atoms with Crippen molar-refractivity contribution in [3.8, 4) is 11.5 Å². The molecule has 210 valence electrons. The van der Waals surface area contributed by atoms with Gasteiger partial charge in [-0.1, -0.05) is 18.2 Å². The molecule has 2 aromatic carbocycles. The molecule has 9 nitrogen and oxygen atoms in total. The number of carbonyl (C=O) groups is 3. The fourth-order valence-corrected chi connectivity index (χ4v) is 4.34. The number of likely N-dealkylation sites (tertiary alicyclic amines) is 1. The fraction of sp³-hybridized carbons (Fsp3) is 0.370. The van der Waals surface area contributed by atoms with Gasteiger partial charge in [-0.25, -0.2) is 9.59 Å². The van der Waals surface area contributed by atoms with Crippen molar-refractivity contribution in [2.24, 2.45) is 5.92 Å². The molecule has 39 heavy (non-hydrogen) atoms. The maximum absolute atomic E-state index is 12.5. The zero-order chi connectivity index (χ0) is 28.4. The molecule has 2 aliphatic rings. The molecular formula is C27H29F3N2O7. The zero-order valence-corrected chi connectivity index (χ0v) is 21.0. The van der Waals surface area contributed by atoms with Crippen LogP contribution in [0.4, 0.5) is 13.2 Å². The average Bonchev–Trinajstić information content (AvgIpc) is 3.19. The monoisotopic (exact) mass is 550 g/mol. The topological polar surface area (TPSA) is 117 Å². The van der Waals surface area contributed by atoms with Gasteiger partial charge in [0.2, 0.25) is 0 Å². The molecule has 1 fully saturated rings. The summed E-state index contributed by atoms with van der Waals surface area (Å²) in [4.78, 5) is 35.9. The molecule has 0 aliphatic carbocycles. The summed E-state index contributed by atoms with van der Waals surface area (Å²) in [5.74, 6) is -1.63. The molecule has 0 aromatic heterocycles. The summed E-state index contributed by atoms with van der Waals surface area (Å²) < 4.78 is 46.1. The summed E-state index contributed by atoms with van der Waals surface area (Å²) in [7, 11) is 0. The number of nitrogens with zero attached hydrogens (tertiary/aromatic N) is 2. The van der Waals surface area contributed by atoms with Crippen LogP contribution in [0.5, 0.6) is 11.5 Å². The standard InChI is InChI=1S/C23H25F3N2O3.C4H4O4/c24-23(25,26)31-20-7-5-19(6-8-20)30-14-13-27-11-9-17(10-12-27)15-28-16-18-3-1-2-4-21(18)22(28)29;5-3(6)1-2-4(7)8/h1-8,17H,9-16H2;1-2H,(H,5,6)(H,7,8). The predicted octanol–water partition coefficient (Wildman–Crippen LogP) is 4.04. The lowest BCUT2D eigenvalue weighted by Gasteiger charge is -2.33. The Bertz CT molecular complexity index is 1140. The summed E-state index contributed by atoms with van der Waals surface area (Å²) in [5.41, 5.74) is 1.94. The van der Waals surface area contributed by atoms with Crippen molar-refractivity contribution in [3.05, 3.63) is 71.8 Å². The number of carboxylic acids is 2. The first kappa shape index (κ1) is 29.5. The first-order valence-corrected chi connectivity index (χ1v) is 12.2. The van der Waals surface area contributed by atoms with E-state index < -0.39 is 18.3 Å². The number of ether oxygens (including phenoxy) is 2. The van der Waals surface area contributed by atoms with Gasteiger partial charge in [-0.05, 0) is 67.7 Å². The second-order valence-electron chi connectivity index (χ2n) is 9.01. The number of hydrogen-bond acceptors (Lipinski definition) is 6. The zero-order valence-electron chi connectivity index (χ0n) is 21.0. The third-order valence-electron chi connectivity index (χ3n) is 6.18. The van der Waals surface area contributed by atoms with Gasteiger partial charge in [-0.2, -0.15) is 0 Å². The number of hydrogen-bond donors (Lipinski definition) is 2. The summed E-state index contributed by atoms with van der Waals surface area (Å²) in [5, 5.41) is 15.6. The number of fused-ring (bicyclic) bond motifs is 1. The van der Waals surface area contributed by atoms with Crippen molar-refractivity contribution in [1.29, 1.82) is 0 Å². The van der Waals surface area contributed by atoms with Gasteiger partial charge < -0.3 is 24.6 Å². The Morgan fingerprint density at radius 3 is 2.10 bits per heavy atom. The number of piperidine rings is 1. The van der Waals surface area contributed by atoms with Crippen LogP contribution in [0.2, 0.25) is 0 Å². The Labute approximate surface area is 223 Å². The molecule has 0 spiro atoms. The lowest BCUT2D eigenvalue weighted by atomic mass is 9.96. The van der Waals surface area contributed by atoms with Crippen LogP contribution in [0, 0.1) is 5.92 Å². The molecular weight excluding hydrogens is 521 g/mol. The maximum Gasteiger partial charge on any atom is 0.573 e. The van der Waals surface area contributed by atoms with Gasteiger partial charge in [0.25, 0.3) is 5.91 Å². The Hall–Kier alpha value is -4.06. The summed E-state index contributed by atoms with van der Waals surface area (Å²) >= 11 is 0. The minimum Gasteiger partial charge on any atom is -0.492 e. The number of alkyl halides is 3. The van der Waals surface area contributed by atoms with E-state index in [-0.39, 0.29) is 11.7 Å². The first-order chi connectivity index (χ1) is 18.5. The van der Waals surface area contributed by atoms with E-state index in [9.17, 15) is 27.6 Å². The van der Waals surface area contributed by atoms with Crippen molar-refractivity contribution in [2.45, 2.75) is 25.7 Å². The highest BCUT2D eigenvalue weighted by Crippen LogP contribution is 2.27. The van der Waals surface area contributed by atoms with Crippen LogP contribution in [0.3, 0.4) is 0 Å². The van der Waals surface area contributed by atoms with E-state index in [0.717, 1.165) is 50.1 Å². The van der Waals surface area contributed by atoms with E-state index in [1.807, 2.05) is 29.2 Å². The highest BCUT2D eigenvalue weighted by Gasteiger charge is 2.31. The summed E-state index contributed by atoms with van der Waals surface area (Å²) in [6, 6.07) is 13.2. The van der Waals surface area contributed by atoms with Crippen molar-refractivity contribution >= 4 is 17.8 Å². The molecule has 2 aromatic rings. The molecule has 2 heterocycles.